The number of nitrogens with two attached hydrogens (primary N) is 1. The standard InChI is InChI=1S/C20H21N5O6S/c1-10-4-5-12(25(29)30)8-13(10)22-15(26)9-24-14(6-7-31-3)23-19-16(20(24)28)11(2)17(32-19)18(21)27/h4-5,8H,6-7,9H2,1-3H3,(H2,21,27)(H,22,26). The maximum atomic E-state index is 13.2. The first kappa shape index (κ1) is 23.0. The van der Waals surface area contributed by atoms with Gasteiger partial charge in [-0.1, -0.05) is 6.07 Å². The van der Waals surface area contributed by atoms with Crippen LogP contribution in [0, 0.1) is 24.0 Å². The monoisotopic (exact) mass is 459 g/mol. The number of rotatable bonds is 8. The molecule has 0 aliphatic carbocycles. The van der Waals surface area contributed by atoms with E-state index < -0.39 is 22.3 Å². The Kier molecular flexibility index (Phi) is 6.65. The number of anilines is 1. The van der Waals surface area contributed by atoms with Gasteiger partial charge in [0.05, 0.1) is 27.5 Å². The molecule has 0 radical (unpaired) electrons. The molecule has 0 unspecified atom stereocenters. The van der Waals surface area contributed by atoms with Crippen LogP contribution in [0.1, 0.15) is 26.6 Å². The Hall–Kier alpha value is -3.64. The summed E-state index contributed by atoms with van der Waals surface area (Å²) in [6, 6.07) is 4.12. The second kappa shape index (κ2) is 9.24. The molecule has 2 amide bonds. The summed E-state index contributed by atoms with van der Waals surface area (Å²) in [4.78, 5) is 53.2. The lowest BCUT2D eigenvalue weighted by Gasteiger charge is -2.13. The van der Waals surface area contributed by atoms with Gasteiger partial charge in [-0.3, -0.25) is 29.1 Å². The van der Waals surface area contributed by atoms with Gasteiger partial charge in [0.1, 0.15) is 17.2 Å². The van der Waals surface area contributed by atoms with Crippen molar-refractivity contribution in [3.8, 4) is 0 Å². The Morgan fingerprint density at radius 3 is 2.69 bits per heavy atom. The number of methoxy groups -OCH3 is 1. The van der Waals surface area contributed by atoms with Crippen LogP contribution in [0.25, 0.3) is 10.2 Å². The number of aryl methyl sites for hydroxylation is 2. The van der Waals surface area contributed by atoms with Gasteiger partial charge < -0.3 is 15.8 Å². The van der Waals surface area contributed by atoms with Crippen LogP contribution in [0.5, 0.6) is 0 Å². The van der Waals surface area contributed by atoms with Crippen molar-refractivity contribution in [1.29, 1.82) is 0 Å². The number of fused-ring (bicyclic) bond motifs is 1. The molecule has 3 N–H and O–H groups in total. The smallest absolute Gasteiger partial charge is 0.271 e. The van der Waals surface area contributed by atoms with E-state index in [0.717, 1.165) is 11.3 Å². The number of primary amides is 1. The number of aromatic nitrogens is 2. The molecule has 0 saturated heterocycles. The van der Waals surface area contributed by atoms with Crippen LogP contribution in [0.4, 0.5) is 11.4 Å². The zero-order chi connectivity index (χ0) is 23.6. The number of nitrogens with one attached hydrogen (secondary N) is 1. The van der Waals surface area contributed by atoms with Crippen molar-refractivity contribution in [1.82, 2.24) is 9.55 Å². The van der Waals surface area contributed by atoms with E-state index >= 15 is 0 Å². The molecule has 0 atom stereocenters. The number of hydrogen-bond donors (Lipinski definition) is 2. The minimum atomic E-state index is -0.659. The van der Waals surface area contributed by atoms with Crippen LogP contribution in [0.15, 0.2) is 23.0 Å². The van der Waals surface area contributed by atoms with Gasteiger partial charge in [0.2, 0.25) is 5.91 Å². The molecule has 2 heterocycles. The number of ether oxygens (including phenoxy) is 1. The number of nitrogens with zero attached hydrogens (tertiary/aromatic N) is 3. The van der Waals surface area contributed by atoms with Gasteiger partial charge in [0.15, 0.2) is 0 Å². The predicted molar refractivity (Wildman–Crippen MR) is 119 cm³/mol. The number of carbonyl (C=O) groups excluding carboxylic acids is 2. The fraction of sp³-hybridized carbons (Fsp3) is 0.300. The van der Waals surface area contributed by atoms with Gasteiger partial charge in [-0.05, 0) is 25.0 Å². The Balaban J connectivity index is 2.02. The van der Waals surface area contributed by atoms with Gasteiger partial charge >= 0.3 is 0 Å². The molecule has 1 aromatic carbocycles. The number of nitro benzene ring substituents is 1. The lowest BCUT2D eigenvalue weighted by atomic mass is 10.2. The summed E-state index contributed by atoms with van der Waals surface area (Å²) in [7, 11) is 1.50. The molecule has 2 aromatic heterocycles. The summed E-state index contributed by atoms with van der Waals surface area (Å²) in [5.41, 5.74) is 6.07. The average molecular weight is 459 g/mol. The van der Waals surface area contributed by atoms with E-state index in [-0.39, 0.29) is 41.2 Å². The third kappa shape index (κ3) is 4.50. The summed E-state index contributed by atoms with van der Waals surface area (Å²) in [5.74, 6) is -0.903. The van der Waals surface area contributed by atoms with E-state index in [1.807, 2.05) is 0 Å². The molecule has 0 saturated carbocycles. The Morgan fingerprint density at radius 2 is 2.06 bits per heavy atom. The molecule has 0 bridgehead atoms. The van der Waals surface area contributed by atoms with E-state index in [0.29, 0.717) is 21.8 Å². The van der Waals surface area contributed by atoms with Crippen molar-refractivity contribution in [3.63, 3.8) is 0 Å². The highest BCUT2D eigenvalue weighted by Crippen LogP contribution is 2.27. The number of non-ortho nitro benzene ring substituents is 1. The van der Waals surface area contributed by atoms with Gasteiger partial charge in [-0.25, -0.2) is 4.98 Å². The van der Waals surface area contributed by atoms with Crippen LogP contribution >= 0.6 is 11.3 Å². The second-order valence-corrected chi connectivity index (χ2v) is 8.07. The van der Waals surface area contributed by atoms with Gasteiger partial charge in [0.25, 0.3) is 17.2 Å². The molecule has 0 aliphatic heterocycles. The normalized spacial score (nSPS) is 11.0. The molecule has 11 nitrogen and oxygen atoms in total. The lowest BCUT2D eigenvalue weighted by molar-refractivity contribution is -0.384. The van der Waals surface area contributed by atoms with Crippen LogP contribution in [-0.4, -0.2) is 40.0 Å². The highest BCUT2D eigenvalue weighted by molar-refractivity contribution is 7.20. The van der Waals surface area contributed by atoms with Crippen LogP contribution in [-0.2, 0) is 22.5 Å². The van der Waals surface area contributed by atoms with Gasteiger partial charge in [-0.2, -0.15) is 0 Å². The Labute approximate surface area is 186 Å². The molecule has 0 aliphatic rings. The third-order valence-electron chi connectivity index (χ3n) is 4.89. The van der Waals surface area contributed by atoms with E-state index in [9.17, 15) is 24.5 Å². The van der Waals surface area contributed by atoms with Crippen molar-refractivity contribution in [2.24, 2.45) is 5.73 Å². The van der Waals surface area contributed by atoms with Crippen molar-refractivity contribution >= 4 is 44.7 Å². The highest BCUT2D eigenvalue weighted by atomic mass is 32.1. The Bertz CT molecular complexity index is 1300. The van der Waals surface area contributed by atoms with Crippen LogP contribution < -0.4 is 16.6 Å². The van der Waals surface area contributed by atoms with Crippen molar-refractivity contribution in [3.05, 3.63) is 60.5 Å². The minimum absolute atomic E-state index is 0.167. The van der Waals surface area contributed by atoms with E-state index in [1.165, 1.54) is 29.9 Å². The lowest BCUT2D eigenvalue weighted by Crippen LogP contribution is -2.31. The summed E-state index contributed by atoms with van der Waals surface area (Å²) >= 11 is 1.03. The first-order valence-electron chi connectivity index (χ1n) is 9.50. The summed E-state index contributed by atoms with van der Waals surface area (Å²) in [5, 5.41) is 13.9. The quantitative estimate of drug-likeness (QED) is 0.384. The van der Waals surface area contributed by atoms with Crippen LogP contribution in [0.2, 0.25) is 0 Å². The number of thiophene rings is 1. The predicted octanol–water partition coefficient (Wildman–Crippen LogP) is 1.91. The maximum Gasteiger partial charge on any atom is 0.271 e. The highest BCUT2D eigenvalue weighted by Gasteiger charge is 2.21. The van der Waals surface area contributed by atoms with Crippen LogP contribution in [0.3, 0.4) is 0 Å². The van der Waals surface area contributed by atoms with Crippen molar-refractivity contribution in [2.45, 2.75) is 26.8 Å². The minimum Gasteiger partial charge on any atom is -0.384 e. The van der Waals surface area contributed by atoms with E-state index in [4.69, 9.17) is 10.5 Å². The number of nitro groups is 1. The average Bonchev–Trinajstić information content (AvgIpc) is 3.07. The number of benzene rings is 1. The van der Waals surface area contributed by atoms with E-state index in [1.54, 1.807) is 13.8 Å². The largest absolute Gasteiger partial charge is 0.384 e. The first-order valence-corrected chi connectivity index (χ1v) is 10.3. The molecule has 12 heteroatoms. The SMILES string of the molecule is COCCc1nc2sc(C(N)=O)c(C)c2c(=O)n1CC(=O)Nc1cc([N+](=O)[O-])ccc1C. The number of carbonyl (C=O) groups is 2. The van der Waals surface area contributed by atoms with Gasteiger partial charge in [-0.15, -0.1) is 11.3 Å². The number of hydrogen-bond acceptors (Lipinski definition) is 8. The molecule has 168 valence electrons. The number of amides is 2. The molecule has 32 heavy (non-hydrogen) atoms. The molecular weight excluding hydrogens is 438 g/mol. The fourth-order valence-electron chi connectivity index (χ4n) is 3.23. The molecular formula is C20H21N5O6S. The Morgan fingerprint density at radius 1 is 1.34 bits per heavy atom. The maximum absolute atomic E-state index is 13.2. The van der Waals surface area contributed by atoms with Gasteiger partial charge in [0, 0.05) is 25.7 Å². The third-order valence-corrected chi connectivity index (χ3v) is 6.09. The summed E-state index contributed by atoms with van der Waals surface area (Å²) in [6.45, 7) is 3.19. The molecule has 3 aromatic rings. The molecule has 0 fully saturated rings. The zero-order valence-electron chi connectivity index (χ0n) is 17.6. The second-order valence-electron chi connectivity index (χ2n) is 7.07. The molecule has 3 rings (SSSR count). The van der Waals surface area contributed by atoms with Crippen molar-refractivity contribution in [2.75, 3.05) is 19.0 Å². The van der Waals surface area contributed by atoms with E-state index in [2.05, 4.69) is 10.3 Å². The first-order chi connectivity index (χ1) is 15.1. The molecule has 0 spiro atoms. The summed E-state index contributed by atoms with van der Waals surface area (Å²) < 4.78 is 6.30. The van der Waals surface area contributed by atoms with Crippen molar-refractivity contribution < 1.29 is 19.2 Å². The summed E-state index contributed by atoms with van der Waals surface area (Å²) in [6.07, 6.45) is 0.258. The fourth-order valence-corrected chi connectivity index (χ4v) is 4.28. The zero-order valence-corrected chi connectivity index (χ0v) is 18.4. The topological polar surface area (TPSA) is 159 Å².